The monoisotopic (exact) mass is 220 g/mol. The van der Waals surface area contributed by atoms with Gasteiger partial charge in [0.25, 0.3) is 0 Å². The van der Waals surface area contributed by atoms with Crippen LogP contribution in [-0.4, -0.2) is 35.1 Å². The summed E-state index contributed by atoms with van der Waals surface area (Å²) in [4.78, 5) is 10.9. The summed E-state index contributed by atoms with van der Waals surface area (Å²) in [5.74, 6) is 0.859. The molecular formula is C12H20N4. The molecule has 16 heavy (non-hydrogen) atoms. The average molecular weight is 220 g/mol. The molecule has 0 amide bonds. The van der Waals surface area contributed by atoms with Crippen LogP contribution in [0.4, 0.5) is 5.95 Å². The smallest absolute Gasteiger partial charge is 0.225 e. The molecule has 1 N–H and O–H groups in total. The van der Waals surface area contributed by atoms with Crippen LogP contribution in [0.1, 0.15) is 26.7 Å². The van der Waals surface area contributed by atoms with Crippen molar-refractivity contribution in [2.75, 3.05) is 18.0 Å². The number of aromatic nitrogens is 2. The van der Waals surface area contributed by atoms with Crippen LogP contribution in [0.15, 0.2) is 18.5 Å². The topological polar surface area (TPSA) is 41.0 Å². The zero-order valence-electron chi connectivity index (χ0n) is 10.1. The van der Waals surface area contributed by atoms with Gasteiger partial charge in [-0.15, -0.1) is 0 Å². The molecule has 1 fully saturated rings. The van der Waals surface area contributed by atoms with Crippen LogP contribution < -0.4 is 10.2 Å². The van der Waals surface area contributed by atoms with Crippen molar-refractivity contribution in [2.24, 2.45) is 0 Å². The third-order valence-corrected chi connectivity index (χ3v) is 2.83. The normalized spacial score (nSPS) is 21.4. The average Bonchev–Trinajstić information content (AvgIpc) is 2.30. The van der Waals surface area contributed by atoms with Crippen molar-refractivity contribution in [1.29, 1.82) is 0 Å². The summed E-state index contributed by atoms with van der Waals surface area (Å²) in [5, 5.41) is 3.58. The van der Waals surface area contributed by atoms with E-state index in [-0.39, 0.29) is 0 Å². The largest absolute Gasteiger partial charge is 0.339 e. The van der Waals surface area contributed by atoms with Gasteiger partial charge in [-0.2, -0.15) is 0 Å². The van der Waals surface area contributed by atoms with Crippen LogP contribution in [0, 0.1) is 0 Å². The lowest BCUT2D eigenvalue weighted by molar-refractivity contribution is 0.392. The minimum atomic E-state index is 0.543. The maximum atomic E-state index is 4.30. The van der Waals surface area contributed by atoms with Crippen LogP contribution >= 0.6 is 0 Å². The Hall–Kier alpha value is -1.16. The number of hydrogen-bond donors (Lipinski definition) is 1. The molecule has 1 saturated heterocycles. The second kappa shape index (κ2) is 5.25. The predicted molar refractivity (Wildman–Crippen MR) is 65.5 cm³/mol. The number of anilines is 1. The Kier molecular flexibility index (Phi) is 3.72. The van der Waals surface area contributed by atoms with E-state index in [1.165, 1.54) is 12.8 Å². The van der Waals surface area contributed by atoms with E-state index in [4.69, 9.17) is 0 Å². The highest BCUT2D eigenvalue weighted by atomic mass is 15.3. The van der Waals surface area contributed by atoms with Gasteiger partial charge in [-0.1, -0.05) is 13.8 Å². The van der Waals surface area contributed by atoms with E-state index in [1.54, 1.807) is 0 Å². The molecule has 4 heteroatoms. The van der Waals surface area contributed by atoms with Gasteiger partial charge in [-0.05, 0) is 18.9 Å². The first-order chi connectivity index (χ1) is 7.75. The lowest BCUT2D eigenvalue weighted by atomic mass is 10.1. The molecule has 1 aliphatic rings. The molecule has 1 aromatic rings. The number of nitrogens with zero attached hydrogens (tertiary/aromatic N) is 3. The molecule has 0 radical (unpaired) electrons. The molecule has 1 unspecified atom stereocenters. The fourth-order valence-electron chi connectivity index (χ4n) is 2.22. The van der Waals surface area contributed by atoms with Gasteiger partial charge in [0.2, 0.25) is 5.95 Å². The van der Waals surface area contributed by atoms with E-state index in [2.05, 4.69) is 34.0 Å². The van der Waals surface area contributed by atoms with E-state index in [9.17, 15) is 0 Å². The van der Waals surface area contributed by atoms with Gasteiger partial charge in [0.1, 0.15) is 0 Å². The number of rotatable bonds is 3. The zero-order valence-corrected chi connectivity index (χ0v) is 10.1. The minimum absolute atomic E-state index is 0.543. The molecule has 0 saturated carbocycles. The Morgan fingerprint density at radius 2 is 2.12 bits per heavy atom. The van der Waals surface area contributed by atoms with E-state index < -0.39 is 0 Å². The SMILES string of the molecule is CC(C)NC1CCCN(c2ncccn2)C1. The van der Waals surface area contributed by atoms with E-state index in [0.717, 1.165) is 19.0 Å². The van der Waals surface area contributed by atoms with Crippen LogP contribution in [0.25, 0.3) is 0 Å². The quantitative estimate of drug-likeness (QED) is 0.837. The summed E-state index contributed by atoms with van der Waals surface area (Å²) in [6.07, 6.45) is 6.08. The lowest BCUT2D eigenvalue weighted by Gasteiger charge is -2.34. The molecule has 0 bridgehead atoms. The third kappa shape index (κ3) is 2.92. The van der Waals surface area contributed by atoms with Gasteiger partial charge in [0.05, 0.1) is 0 Å². The van der Waals surface area contributed by atoms with Gasteiger partial charge in [0, 0.05) is 37.6 Å². The second-order valence-electron chi connectivity index (χ2n) is 4.66. The van der Waals surface area contributed by atoms with Crippen LogP contribution in [-0.2, 0) is 0 Å². The molecule has 1 atom stereocenters. The van der Waals surface area contributed by atoms with Crippen LogP contribution in [0.5, 0.6) is 0 Å². The van der Waals surface area contributed by atoms with Crippen molar-refractivity contribution in [3.63, 3.8) is 0 Å². The summed E-state index contributed by atoms with van der Waals surface area (Å²) in [5.41, 5.74) is 0. The fraction of sp³-hybridized carbons (Fsp3) is 0.667. The summed E-state index contributed by atoms with van der Waals surface area (Å²) in [7, 11) is 0. The van der Waals surface area contributed by atoms with Crippen molar-refractivity contribution in [3.05, 3.63) is 18.5 Å². The van der Waals surface area contributed by atoms with Crippen molar-refractivity contribution < 1.29 is 0 Å². The molecule has 1 aromatic heterocycles. The fourth-order valence-corrected chi connectivity index (χ4v) is 2.22. The predicted octanol–water partition coefficient (Wildman–Crippen LogP) is 1.44. The van der Waals surface area contributed by atoms with Crippen LogP contribution in [0.3, 0.4) is 0 Å². The number of piperidine rings is 1. The van der Waals surface area contributed by atoms with E-state index in [1.807, 2.05) is 18.5 Å². The molecule has 88 valence electrons. The summed E-state index contributed by atoms with van der Waals surface area (Å²) >= 11 is 0. The maximum Gasteiger partial charge on any atom is 0.225 e. The zero-order chi connectivity index (χ0) is 11.4. The molecule has 0 aromatic carbocycles. The number of nitrogens with one attached hydrogen (secondary N) is 1. The van der Waals surface area contributed by atoms with Gasteiger partial charge in [0.15, 0.2) is 0 Å². The maximum absolute atomic E-state index is 4.30. The number of hydrogen-bond acceptors (Lipinski definition) is 4. The lowest BCUT2D eigenvalue weighted by Crippen LogP contribution is -2.48. The van der Waals surface area contributed by atoms with Crippen molar-refractivity contribution in [1.82, 2.24) is 15.3 Å². The van der Waals surface area contributed by atoms with Gasteiger partial charge in [-0.3, -0.25) is 0 Å². The van der Waals surface area contributed by atoms with Crippen molar-refractivity contribution in [3.8, 4) is 0 Å². The second-order valence-corrected chi connectivity index (χ2v) is 4.66. The van der Waals surface area contributed by atoms with Gasteiger partial charge in [-0.25, -0.2) is 9.97 Å². The molecule has 1 aliphatic heterocycles. The Labute approximate surface area is 97.1 Å². The van der Waals surface area contributed by atoms with Crippen molar-refractivity contribution >= 4 is 5.95 Å². The Morgan fingerprint density at radius 3 is 2.81 bits per heavy atom. The van der Waals surface area contributed by atoms with Crippen LogP contribution in [0.2, 0.25) is 0 Å². The highest BCUT2D eigenvalue weighted by Gasteiger charge is 2.21. The summed E-state index contributed by atoms with van der Waals surface area (Å²) < 4.78 is 0. The van der Waals surface area contributed by atoms with Gasteiger partial charge >= 0.3 is 0 Å². The highest BCUT2D eigenvalue weighted by Crippen LogP contribution is 2.15. The first-order valence-electron chi connectivity index (χ1n) is 6.03. The molecular weight excluding hydrogens is 200 g/mol. The van der Waals surface area contributed by atoms with Gasteiger partial charge < -0.3 is 10.2 Å². The molecule has 2 heterocycles. The minimum Gasteiger partial charge on any atom is -0.339 e. The standard InChI is InChI=1S/C12H20N4/c1-10(2)15-11-5-3-8-16(9-11)12-13-6-4-7-14-12/h4,6-7,10-11,15H,3,5,8-9H2,1-2H3. The third-order valence-electron chi connectivity index (χ3n) is 2.83. The molecule has 4 nitrogen and oxygen atoms in total. The summed E-state index contributed by atoms with van der Waals surface area (Å²) in [6, 6.07) is 2.97. The molecule has 0 spiro atoms. The Morgan fingerprint density at radius 1 is 1.38 bits per heavy atom. The first-order valence-corrected chi connectivity index (χ1v) is 6.03. The first kappa shape index (κ1) is 11.3. The van der Waals surface area contributed by atoms with E-state index in [0.29, 0.717) is 12.1 Å². The highest BCUT2D eigenvalue weighted by molar-refractivity contribution is 5.29. The molecule has 2 rings (SSSR count). The van der Waals surface area contributed by atoms with E-state index >= 15 is 0 Å². The van der Waals surface area contributed by atoms with Crippen molar-refractivity contribution in [2.45, 2.75) is 38.8 Å². The Bertz CT molecular complexity index is 312. The molecule has 0 aliphatic carbocycles. The Balaban J connectivity index is 1.97. The summed E-state index contributed by atoms with van der Waals surface area (Å²) in [6.45, 7) is 6.47.